The Morgan fingerprint density at radius 3 is 2.29 bits per heavy atom. The number of rotatable bonds is 1. The van der Waals surface area contributed by atoms with Crippen molar-refractivity contribution in [1.82, 2.24) is 5.32 Å². The summed E-state index contributed by atoms with van der Waals surface area (Å²) in [5, 5.41) is 4.04. The number of hydrogen-bond acceptors (Lipinski definition) is 2. The van der Waals surface area contributed by atoms with Crippen LogP contribution in [0.3, 0.4) is 0 Å². The van der Waals surface area contributed by atoms with Gasteiger partial charge in [-0.15, -0.1) is 0 Å². The maximum Gasteiger partial charge on any atom is 0.0654 e. The second-order valence-corrected chi connectivity index (χ2v) is 7.11. The van der Waals surface area contributed by atoms with Crippen LogP contribution in [0.5, 0.6) is 0 Å². The zero-order valence-electron chi connectivity index (χ0n) is 11.0. The first-order valence-corrected chi connectivity index (χ1v) is 7.65. The molecule has 0 amide bonds. The molecule has 17 heavy (non-hydrogen) atoms. The van der Waals surface area contributed by atoms with Crippen LogP contribution >= 0.6 is 0 Å². The molecule has 2 heteroatoms. The lowest BCUT2D eigenvalue weighted by molar-refractivity contribution is -0.139. The Morgan fingerprint density at radius 2 is 1.71 bits per heavy atom. The Kier molecular flexibility index (Phi) is 2.36. The first-order chi connectivity index (χ1) is 8.30. The highest BCUT2D eigenvalue weighted by Crippen LogP contribution is 2.58. The van der Waals surface area contributed by atoms with E-state index in [2.05, 4.69) is 12.2 Å². The van der Waals surface area contributed by atoms with Crippen LogP contribution in [-0.2, 0) is 4.74 Å². The van der Waals surface area contributed by atoms with Gasteiger partial charge < -0.3 is 10.1 Å². The van der Waals surface area contributed by atoms with Crippen molar-refractivity contribution in [2.45, 2.75) is 57.0 Å². The minimum Gasteiger partial charge on any atom is -0.378 e. The van der Waals surface area contributed by atoms with Crippen LogP contribution in [0.2, 0.25) is 0 Å². The van der Waals surface area contributed by atoms with Crippen molar-refractivity contribution in [3.8, 4) is 0 Å². The van der Waals surface area contributed by atoms with E-state index >= 15 is 0 Å². The minimum atomic E-state index is 0.381. The van der Waals surface area contributed by atoms with Crippen LogP contribution in [0.15, 0.2) is 0 Å². The molecule has 1 atom stereocenters. The van der Waals surface area contributed by atoms with Gasteiger partial charge in [-0.2, -0.15) is 0 Å². The molecule has 4 saturated carbocycles. The summed E-state index contributed by atoms with van der Waals surface area (Å²) in [7, 11) is 0. The van der Waals surface area contributed by atoms with Crippen molar-refractivity contribution in [2.24, 2.45) is 23.7 Å². The highest BCUT2D eigenvalue weighted by atomic mass is 16.5. The largest absolute Gasteiger partial charge is 0.378 e. The van der Waals surface area contributed by atoms with Gasteiger partial charge in [-0.25, -0.2) is 0 Å². The monoisotopic (exact) mass is 235 g/mol. The lowest BCUT2D eigenvalue weighted by Gasteiger charge is -2.63. The molecule has 1 aliphatic heterocycles. The standard InChI is InChI=1S/C15H25NO/c1-2-14-8-17-9-15(16-14)12-4-10-3-11(6-12)7-13(15)5-10/h10-14,16H,2-9H2,1H3. The van der Waals surface area contributed by atoms with Crippen LogP contribution in [0.4, 0.5) is 0 Å². The van der Waals surface area contributed by atoms with Crippen LogP contribution in [0.25, 0.3) is 0 Å². The smallest absolute Gasteiger partial charge is 0.0654 e. The molecule has 0 aromatic carbocycles. The molecular weight excluding hydrogens is 210 g/mol. The molecule has 1 saturated heterocycles. The number of ether oxygens (including phenoxy) is 1. The SMILES string of the molecule is CCC1COCC2(N1)C1CC3CC(C1)CC2C3. The fraction of sp³-hybridized carbons (Fsp3) is 1.00. The summed E-state index contributed by atoms with van der Waals surface area (Å²) in [4.78, 5) is 0. The van der Waals surface area contributed by atoms with Crippen molar-refractivity contribution >= 4 is 0 Å². The normalized spacial score (nSPS) is 56.6. The summed E-state index contributed by atoms with van der Waals surface area (Å²) in [6.45, 7) is 4.22. The predicted molar refractivity (Wildman–Crippen MR) is 67.8 cm³/mol. The molecule has 0 radical (unpaired) electrons. The van der Waals surface area contributed by atoms with E-state index in [-0.39, 0.29) is 0 Å². The van der Waals surface area contributed by atoms with Gasteiger partial charge in [0.2, 0.25) is 0 Å². The summed E-state index contributed by atoms with van der Waals surface area (Å²) in [6, 6.07) is 0.612. The molecule has 1 heterocycles. The fourth-order valence-corrected chi connectivity index (χ4v) is 5.55. The topological polar surface area (TPSA) is 21.3 Å². The maximum absolute atomic E-state index is 5.99. The molecule has 4 aliphatic carbocycles. The first kappa shape index (κ1) is 10.8. The molecule has 1 spiro atoms. The van der Waals surface area contributed by atoms with Crippen molar-refractivity contribution in [1.29, 1.82) is 0 Å². The lowest BCUT2D eigenvalue weighted by atomic mass is 9.48. The third-order valence-electron chi connectivity index (χ3n) is 6.22. The molecule has 2 nitrogen and oxygen atoms in total. The quantitative estimate of drug-likeness (QED) is 0.754. The van der Waals surface area contributed by atoms with E-state index in [0.717, 1.165) is 36.9 Å². The van der Waals surface area contributed by atoms with Crippen molar-refractivity contribution in [3.63, 3.8) is 0 Å². The maximum atomic E-state index is 5.99. The Labute approximate surface area is 104 Å². The van der Waals surface area contributed by atoms with Gasteiger partial charge in [0.1, 0.15) is 0 Å². The summed E-state index contributed by atoms with van der Waals surface area (Å²) in [6.07, 6.45) is 8.70. The molecular formula is C15H25NO. The van der Waals surface area contributed by atoms with Crippen molar-refractivity contribution in [3.05, 3.63) is 0 Å². The second-order valence-electron chi connectivity index (χ2n) is 7.11. The van der Waals surface area contributed by atoms with Crippen LogP contribution in [-0.4, -0.2) is 24.8 Å². The zero-order valence-corrected chi connectivity index (χ0v) is 11.0. The van der Waals surface area contributed by atoms with E-state index in [1.807, 2.05) is 0 Å². The van der Waals surface area contributed by atoms with E-state index in [0.29, 0.717) is 11.6 Å². The third kappa shape index (κ3) is 1.46. The highest BCUT2D eigenvalue weighted by Gasteiger charge is 2.58. The van der Waals surface area contributed by atoms with Gasteiger partial charge >= 0.3 is 0 Å². The van der Waals surface area contributed by atoms with E-state index in [4.69, 9.17) is 4.74 Å². The van der Waals surface area contributed by atoms with Crippen LogP contribution < -0.4 is 5.32 Å². The molecule has 1 N–H and O–H groups in total. The lowest BCUT2D eigenvalue weighted by Crippen LogP contribution is -2.71. The zero-order chi connectivity index (χ0) is 11.5. The van der Waals surface area contributed by atoms with E-state index in [9.17, 15) is 0 Å². The Morgan fingerprint density at radius 1 is 1.06 bits per heavy atom. The minimum absolute atomic E-state index is 0.381. The third-order valence-corrected chi connectivity index (χ3v) is 6.22. The van der Waals surface area contributed by atoms with Crippen molar-refractivity contribution < 1.29 is 4.74 Å². The molecule has 4 bridgehead atoms. The predicted octanol–water partition coefficient (Wildman–Crippen LogP) is 2.58. The van der Waals surface area contributed by atoms with Crippen molar-refractivity contribution in [2.75, 3.05) is 13.2 Å². The number of hydrogen-bond donors (Lipinski definition) is 1. The van der Waals surface area contributed by atoms with Gasteiger partial charge in [0.05, 0.1) is 13.2 Å². The van der Waals surface area contributed by atoms with Gasteiger partial charge in [-0.05, 0) is 62.2 Å². The Hall–Kier alpha value is -0.0800. The molecule has 0 aromatic rings. The first-order valence-electron chi connectivity index (χ1n) is 7.65. The summed E-state index contributed by atoms with van der Waals surface area (Å²) < 4.78 is 5.99. The average Bonchev–Trinajstić information content (AvgIpc) is 2.35. The highest BCUT2D eigenvalue weighted by molar-refractivity contribution is 5.12. The van der Waals surface area contributed by atoms with Crippen LogP contribution in [0.1, 0.15) is 45.4 Å². The second kappa shape index (κ2) is 3.71. The summed E-state index contributed by atoms with van der Waals surface area (Å²) in [5.74, 6) is 3.97. The molecule has 0 aromatic heterocycles. The number of morpholine rings is 1. The fourth-order valence-electron chi connectivity index (χ4n) is 5.55. The van der Waals surface area contributed by atoms with E-state index in [1.54, 1.807) is 6.42 Å². The van der Waals surface area contributed by atoms with Gasteiger partial charge in [0.15, 0.2) is 0 Å². The molecule has 5 aliphatic rings. The van der Waals surface area contributed by atoms with Gasteiger partial charge in [0, 0.05) is 11.6 Å². The molecule has 5 rings (SSSR count). The summed E-state index contributed by atoms with van der Waals surface area (Å²) >= 11 is 0. The van der Waals surface area contributed by atoms with Crippen LogP contribution in [0, 0.1) is 23.7 Å². The molecule has 5 fully saturated rings. The number of nitrogens with one attached hydrogen (secondary N) is 1. The summed E-state index contributed by atoms with van der Waals surface area (Å²) in [5.41, 5.74) is 0.381. The van der Waals surface area contributed by atoms with Gasteiger partial charge in [-0.3, -0.25) is 0 Å². The van der Waals surface area contributed by atoms with E-state index < -0.39 is 0 Å². The molecule has 96 valence electrons. The van der Waals surface area contributed by atoms with Gasteiger partial charge in [-0.1, -0.05) is 6.92 Å². The van der Waals surface area contributed by atoms with Gasteiger partial charge in [0.25, 0.3) is 0 Å². The Bertz CT molecular complexity index is 286. The van der Waals surface area contributed by atoms with E-state index in [1.165, 1.54) is 32.1 Å². The molecule has 1 unspecified atom stereocenters. The Balaban J connectivity index is 1.64. The average molecular weight is 235 g/mol.